The monoisotopic (exact) mass is 378 g/mol. The van der Waals surface area contributed by atoms with E-state index in [4.69, 9.17) is 18.6 Å². The molecular weight excluding hydrogens is 360 g/mol. The lowest BCUT2D eigenvalue weighted by atomic mass is 10.1. The van der Waals surface area contributed by atoms with E-state index in [2.05, 4.69) is 0 Å². The highest BCUT2D eigenvalue weighted by Crippen LogP contribution is 2.27. The molecule has 1 aromatic heterocycles. The SMILES string of the molecule is COc1ccc(C(=O)C=Cc2ccccc2OC)c(OC(=O)c2ccco2)c1. The Hall–Kier alpha value is -3.80. The van der Waals surface area contributed by atoms with Crippen molar-refractivity contribution in [3.8, 4) is 17.2 Å². The summed E-state index contributed by atoms with van der Waals surface area (Å²) in [7, 11) is 3.04. The number of ether oxygens (including phenoxy) is 3. The van der Waals surface area contributed by atoms with Crippen LogP contribution in [0.4, 0.5) is 0 Å². The van der Waals surface area contributed by atoms with Gasteiger partial charge in [-0.25, -0.2) is 4.79 Å². The highest BCUT2D eigenvalue weighted by molar-refractivity contribution is 6.09. The molecule has 6 nitrogen and oxygen atoms in total. The molecule has 0 unspecified atom stereocenters. The minimum absolute atomic E-state index is 0.0331. The maximum Gasteiger partial charge on any atom is 0.379 e. The number of esters is 1. The summed E-state index contributed by atoms with van der Waals surface area (Å²) in [6.45, 7) is 0. The number of benzene rings is 2. The topological polar surface area (TPSA) is 75.0 Å². The minimum Gasteiger partial charge on any atom is -0.497 e. The van der Waals surface area contributed by atoms with E-state index < -0.39 is 5.97 Å². The Morgan fingerprint density at radius 3 is 2.46 bits per heavy atom. The summed E-state index contributed by atoms with van der Waals surface area (Å²) in [6, 6.07) is 15.0. The van der Waals surface area contributed by atoms with Gasteiger partial charge in [-0.15, -0.1) is 0 Å². The molecule has 0 saturated carbocycles. The van der Waals surface area contributed by atoms with Crippen LogP contribution in [0.1, 0.15) is 26.5 Å². The van der Waals surface area contributed by atoms with Gasteiger partial charge in [0.05, 0.1) is 26.0 Å². The van der Waals surface area contributed by atoms with E-state index in [1.807, 2.05) is 18.2 Å². The molecule has 0 fully saturated rings. The third-order valence-electron chi connectivity index (χ3n) is 3.93. The predicted octanol–water partition coefficient (Wildman–Crippen LogP) is 4.41. The predicted molar refractivity (Wildman–Crippen MR) is 103 cm³/mol. The molecule has 0 bridgehead atoms. The second-order valence-corrected chi connectivity index (χ2v) is 5.67. The fourth-order valence-corrected chi connectivity index (χ4v) is 2.52. The van der Waals surface area contributed by atoms with Gasteiger partial charge in [-0.3, -0.25) is 4.79 Å². The van der Waals surface area contributed by atoms with Gasteiger partial charge < -0.3 is 18.6 Å². The second kappa shape index (κ2) is 8.73. The third-order valence-corrected chi connectivity index (χ3v) is 3.93. The van der Waals surface area contributed by atoms with Crippen LogP contribution in [0.25, 0.3) is 6.08 Å². The van der Waals surface area contributed by atoms with Crippen molar-refractivity contribution >= 4 is 17.8 Å². The molecule has 0 radical (unpaired) electrons. The highest BCUT2D eigenvalue weighted by atomic mass is 16.5. The van der Waals surface area contributed by atoms with Crippen LogP contribution < -0.4 is 14.2 Å². The van der Waals surface area contributed by atoms with E-state index in [0.29, 0.717) is 11.5 Å². The van der Waals surface area contributed by atoms with Crippen LogP contribution in [0, 0.1) is 0 Å². The number of hydrogen-bond donors (Lipinski definition) is 0. The van der Waals surface area contributed by atoms with Crippen molar-refractivity contribution in [2.45, 2.75) is 0 Å². The van der Waals surface area contributed by atoms with Crippen molar-refractivity contribution < 1.29 is 28.2 Å². The number of rotatable bonds is 7. The van der Waals surface area contributed by atoms with Crippen LogP contribution in [-0.4, -0.2) is 26.0 Å². The smallest absolute Gasteiger partial charge is 0.379 e. The number of allylic oxidation sites excluding steroid dienone is 1. The maximum atomic E-state index is 12.7. The zero-order chi connectivity index (χ0) is 19.9. The van der Waals surface area contributed by atoms with E-state index in [1.54, 1.807) is 37.5 Å². The fraction of sp³-hybridized carbons (Fsp3) is 0.0909. The molecule has 0 spiro atoms. The van der Waals surface area contributed by atoms with Gasteiger partial charge >= 0.3 is 5.97 Å². The summed E-state index contributed by atoms with van der Waals surface area (Å²) in [5.41, 5.74) is 0.966. The molecule has 0 aliphatic heterocycles. The first-order valence-corrected chi connectivity index (χ1v) is 8.41. The van der Waals surface area contributed by atoms with Crippen LogP contribution in [-0.2, 0) is 0 Å². The van der Waals surface area contributed by atoms with Gasteiger partial charge in [0.15, 0.2) is 5.78 Å². The average Bonchev–Trinajstić information content (AvgIpc) is 3.27. The highest BCUT2D eigenvalue weighted by Gasteiger charge is 2.18. The number of carbonyl (C=O) groups excluding carboxylic acids is 2. The summed E-state index contributed by atoms with van der Waals surface area (Å²) in [5, 5.41) is 0. The quantitative estimate of drug-likeness (QED) is 0.262. The summed E-state index contributed by atoms with van der Waals surface area (Å²) >= 11 is 0. The van der Waals surface area contributed by atoms with Gasteiger partial charge in [0, 0.05) is 11.6 Å². The first-order valence-electron chi connectivity index (χ1n) is 8.41. The molecular formula is C22H18O6. The standard InChI is InChI=1S/C22H18O6/c1-25-16-10-11-17(21(14-16)28-22(24)20-8-5-13-27-20)18(23)12-9-15-6-3-4-7-19(15)26-2/h3-14H,1-2H3. The molecule has 0 N–H and O–H groups in total. The minimum atomic E-state index is -0.707. The average molecular weight is 378 g/mol. The normalized spacial score (nSPS) is 10.6. The van der Waals surface area contributed by atoms with Gasteiger partial charge in [0.25, 0.3) is 0 Å². The molecule has 1 heterocycles. The number of hydrogen-bond acceptors (Lipinski definition) is 6. The first-order chi connectivity index (χ1) is 13.6. The molecule has 0 aliphatic rings. The summed E-state index contributed by atoms with van der Waals surface area (Å²) in [4.78, 5) is 24.9. The van der Waals surface area contributed by atoms with Crippen molar-refractivity contribution in [2.75, 3.05) is 14.2 Å². The van der Waals surface area contributed by atoms with E-state index in [-0.39, 0.29) is 22.9 Å². The zero-order valence-electron chi connectivity index (χ0n) is 15.4. The molecule has 0 amide bonds. The molecule has 0 aliphatic carbocycles. The van der Waals surface area contributed by atoms with Crippen molar-refractivity contribution in [1.82, 2.24) is 0 Å². The van der Waals surface area contributed by atoms with Crippen LogP contribution in [0.2, 0.25) is 0 Å². The molecule has 3 rings (SSSR count). The van der Waals surface area contributed by atoms with Gasteiger partial charge in [-0.05, 0) is 42.5 Å². The van der Waals surface area contributed by atoms with Crippen LogP contribution in [0.3, 0.4) is 0 Å². The second-order valence-electron chi connectivity index (χ2n) is 5.67. The molecule has 142 valence electrons. The van der Waals surface area contributed by atoms with Gasteiger partial charge in [-0.2, -0.15) is 0 Å². The lowest BCUT2D eigenvalue weighted by molar-refractivity contribution is 0.0699. The maximum absolute atomic E-state index is 12.7. The van der Waals surface area contributed by atoms with Crippen LogP contribution in [0.15, 0.2) is 71.4 Å². The fourth-order valence-electron chi connectivity index (χ4n) is 2.52. The molecule has 0 saturated heterocycles. The molecule has 3 aromatic rings. The van der Waals surface area contributed by atoms with Gasteiger partial charge in [-0.1, -0.05) is 18.2 Å². The Labute approximate surface area is 162 Å². The third kappa shape index (κ3) is 4.29. The summed E-state index contributed by atoms with van der Waals surface area (Å²) in [5.74, 6) is 0.163. The largest absolute Gasteiger partial charge is 0.497 e. The molecule has 2 aromatic carbocycles. The lowest BCUT2D eigenvalue weighted by Crippen LogP contribution is -2.10. The molecule has 28 heavy (non-hydrogen) atoms. The van der Waals surface area contributed by atoms with Crippen molar-refractivity contribution in [1.29, 1.82) is 0 Å². The van der Waals surface area contributed by atoms with E-state index in [9.17, 15) is 9.59 Å². The number of ketones is 1. The number of para-hydroxylation sites is 1. The molecule has 0 atom stereocenters. The van der Waals surface area contributed by atoms with E-state index >= 15 is 0 Å². The Bertz CT molecular complexity index is 1000. The molecule has 6 heteroatoms. The summed E-state index contributed by atoms with van der Waals surface area (Å²) < 4.78 is 20.8. The number of methoxy groups -OCH3 is 2. The number of furan rings is 1. The Morgan fingerprint density at radius 1 is 0.929 bits per heavy atom. The van der Waals surface area contributed by atoms with E-state index in [0.717, 1.165) is 5.56 Å². The van der Waals surface area contributed by atoms with Crippen molar-refractivity contribution in [3.05, 3.63) is 83.8 Å². The van der Waals surface area contributed by atoms with Gasteiger partial charge in [0.1, 0.15) is 17.2 Å². The van der Waals surface area contributed by atoms with Crippen LogP contribution >= 0.6 is 0 Å². The summed E-state index contributed by atoms with van der Waals surface area (Å²) in [6.07, 6.45) is 4.40. The lowest BCUT2D eigenvalue weighted by Gasteiger charge is -2.09. The Kier molecular flexibility index (Phi) is 5.91. The van der Waals surface area contributed by atoms with Gasteiger partial charge in [0.2, 0.25) is 5.76 Å². The number of carbonyl (C=O) groups is 2. The zero-order valence-corrected chi connectivity index (χ0v) is 15.4. The van der Waals surface area contributed by atoms with E-state index in [1.165, 1.54) is 31.6 Å². The first kappa shape index (κ1) is 19.0. The van der Waals surface area contributed by atoms with Crippen molar-refractivity contribution in [3.63, 3.8) is 0 Å². The Balaban J connectivity index is 1.88. The Morgan fingerprint density at radius 2 is 1.75 bits per heavy atom. The van der Waals surface area contributed by atoms with Crippen LogP contribution in [0.5, 0.6) is 17.2 Å². The van der Waals surface area contributed by atoms with Crippen molar-refractivity contribution in [2.24, 2.45) is 0 Å².